The Morgan fingerprint density at radius 2 is 1.63 bits per heavy atom. The first-order chi connectivity index (χ1) is 17.1. The van der Waals surface area contributed by atoms with Crippen LogP contribution in [-0.2, 0) is 14.3 Å². The summed E-state index contributed by atoms with van der Waals surface area (Å²) in [6.07, 6.45) is 25.9. The predicted octanol–water partition coefficient (Wildman–Crippen LogP) is 5.65. The fourth-order valence-electron chi connectivity index (χ4n) is 4.40. The molecule has 0 aliphatic carbocycles. The van der Waals surface area contributed by atoms with Crippen molar-refractivity contribution >= 4 is 11.9 Å². The third kappa shape index (κ3) is 16.6. The van der Waals surface area contributed by atoms with Crippen LogP contribution in [0.1, 0.15) is 110 Å². The van der Waals surface area contributed by atoms with E-state index in [2.05, 4.69) is 31.2 Å². The Hall–Kier alpha value is -1.66. The molecule has 1 saturated heterocycles. The van der Waals surface area contributed by atoms with E-state index >= 15 is 0 Å². The van der Waals surface area contributed by atoms with E-state index in [0.29, 0.717) is 39.1 Å². The lowest BCUT2D eigenvalue weighted by Crippen LogP contribution is -2.42. The molecule has 202 valence electrons. The number of nitrogens with zero attached hydrogens (tertiary/aromatic N) is 1. The number of allylic oxidation sites excluding steroid dienone is 4. The highest BCUT2D eigenvalue weighted by Crippen LogP contribution is 2.18. The van der Waals surface area contributed by atoms with E-state index in [1.54, 1.807) is 0 Å². The summed E-state index contributed by atoms with van der Waals surface area (Å²) in [6.45, 7) is 4.62. The van der Waals surface area contributed by atoms with Crippen molar-refractivity contribution in [3.8, 4) is 0 Å². The number of amides is 1. The molecule has 2 atom stereocenters. The molecule has 1 heterocycles. The predicted molar refractivity (Wildman–Crippen MR) is 146 cm³/mol. The van der Waals surface area contributed by atoms with Crippen molar-refractivity contribution in [2.45, 2.75) is 116 Å². The summed E-state index contributed by atoms with van der Waals surface area (Å²) >= 11 is 0. The van der Waals surface area contributed by atoms with Crippen molar-refractivity contribution in [3.63, 3.8) is 0 Å². The fourth-order valence-corrected chi connectivity index (χ4v) is 4.40. The molecule has 1 rings (SSSR count). The Bertz CT molecular complexity index is 606. The molecule has 35 heavy (non-hydrogen) atoms. The molecule has 0 aromatic rings. The molecule has 0 aromatic carbocycles. The van der Waals surface area contributed by atoms with Crippen LogP contribution in [0.5, 0.6) is 0 Å². The van der Waals surface area contributed by atoms with E-state index in [1.165, 1.54) is 44.9 Å². The second kappa shape index (κ2) is 21.6. The van der Waals surface area contributed by atoms with Gasteiger partial charge in [-0.05, 0) is 64.3 Å². The van der Waals surface area contributed by atoms with Crippen LogP contribution in [0.4, 0.5) is 0 Å². The molecular weight excluding hydrogens is 438 g/mol. The van der Waals surface area contributed by atoms with Crippen molar-refractivity contribution in [2.24, 2.45) is 17.4 Å². The number of carbonyl (C=O) groups excluding carboxylic acids is 2. The Balaban J connectivity index is 1.97. The zero-order valence-electron chi connectivity index (χ0n) is 22.4. The van der Waals surface area contributed by atoms with Gasteiger partial charge in [-0.3, -0.25) is 9.59 Å². The number of hydrogen-bond donors (Lipinski definition) is 2. The number of nitrogens with two attached hydrogens (primary N) is 2. The van der Waals surface area contributed by atoms with Crippen molar-refractivity contribution in [1.82, 2.24) is 4.90 Å². The summed E-state index contributed by atoms with van der Waals surface area (Å²) in [5, 5.41) is 0. The molecule has 4 N–H and O–H groups in total. The average Bonchev–Trinajstić information content (AvgIpc) is 3.33. The lowest BCUT2D eigenvalue weighted by atomic mass is 10.1. The van der Waals surface area contributed by atoms with Gasteiger partial charge in [0.15, 0.2) is 0 Å². The van der Waals surface area contributed by atoms with Crippen LogP contribution >= 0.6 is 0 Å². The van der Waals surface area contributed by atoms with Gasteiger partial charge in [-0.15, -0.1) is 0 Å². The Labute approximate surface area is 214 Å². The maximum absolute atomic E-state index is 12.4. The van der Waals surface area contributed by atoms with Crippen molar-refractivity contribution in [1.29, 1.82) is 0 Å². The van der Waals surface area contributed by atoms with Crippen molar-refractivity contribution < 1.29 is 14.3 Å². The maximum Gasteiger partial charge on any atom is 0.305 e. The SMILES string of the molecule is CCCCC/C=C\C/C=C\CCCCCCCC(=O)OCC1CCN(C(=O)[C@@H](N)CCCCN)C1. The summed E-state index contributed by atoms with van der Waals surface area (Å²) in [5.74, 6) is 0.128. The molecule has 1 fully saturated rings. The minimum Gasteiger partial charge on any atom is -0.465 e. The van der Waals surface area contributed by atoms with Crippen LogP contribution in [0, 0.1) is 5.92 Å². The van der Waals surface area contributed by atoms with Gasteiger partial charge in [0.25, 0.3) is 0 Å². The number of unbranched alkanes of at least 4 members (excludes halogenated alkanes) is 9. The van der Waals surface area contributed by atoms with E-state index < -0.39 is 6.04 Å². The minimum absolute atomic E-state index is 0.0148. The lowest BCUT2D eigenvalue weighted by Gasteiger charge is -2.21. The number of esters is 1. The minimum atomic E-state index is -0.443. The summed E-state index contributed by atoms with van der Waals surface area (Å²) in [6, 6.07) is -0.443. The normalized spacial score (nSPS) is 17.0. The second-order valence-electron chi connectivity index (χ2n) is 9.99. The second-order valence-corrected chi connectivity index (χ2v) is 9.99. The Kier molecular flexibility index (Phi) is 19.4. The summed E-state index contributed by atoms with van der Waals surface area (Å²) in [5.41, 5.74) is 11.5. The highest BCUT2D eigenvalue weighted by Gasteiger charge is 2.29. The molecule has 1 aliphatic rings. The number of likely N-dealkylation sites (tertiary alicyclic amines) is 1. The largest absolute Gasteiger partial charge is 0.465 e. The quantitative estimate of drug-likeness (QED) is 0.123. The van der Waals surface area contributed by atoms with Crippen LogP contribution in [-0.4, -0.2) is 49.1 Å². The summed E-state index contributed by atoms with van der Waals surface area (Å²) in [7, 11) is 0. The standard InChI is InChI=1S/C29H53N3O3/c1-2-3-4-5-6-7-8-9-10-11-12-13-14-15-16-20-28(33)35-25-26-21-23-32(24-26)29(34)27(31)19-17-18-22-30/h6-7,9-10,26-27H,2-5,8,11-25,30-31H2,1H3/b7-6-,10-9-/t26?,27-/m0/s1. The van der Waals surface area contributed by atoms with Gasteiger partial charge < -0.3 is 21.1 Å². The van der Waals surface area contributed by atoms with Gasteiger partial charge in [-0.2, -0.15) is 0 Å². The molecule has 0 bridgehead atoms. The molecule has 6 heteroatoms. The number of carbonyl (C=O) groups is 2. The van der Waals surface area contributed by atoms with Gasteiger partial charge >= 0.3 is 5.97 Å². The maximum atomic E-state index is 12.4. The van der Waals surface area contributed by atoms with Gasteiger partial charge in [0.1, 0.15) is 0 Å². The summed E-state index contributed by atoms with van der Waals surface area (Å²) in [4.78, 5) is 26.3. The molecule has 0 saturated carbocycles. The highest BCUT2D eigenvalue weighted by molar-refractivity contribution is 5.81. The van der Waals surface area contributed by atoms with Gasteiger partial charge in [0, 0.05) is 25.4 Å². The Morgan fingerprint density at radius 1 is 0.943 bits per heavy atom. The monoisotopic (exact) mass is 491 g/mol. The van der Waals surface area contributed by atoms with E-state index in [0.717, 1.165) is 44.9 Å². The molecule has 0 aromatic heterocycles. The Morgan fingerprint density at radius 3 is 2.34 bits per heavy atom. The average molecular weight is 492 g/mol. The third-order valence-corrected chi connectivity index (χ3v) is 6.70. The first-order valence-corrected chi connectivity index (χ1v) is 14.3. The van der Waals surface area contributed by atoms with Gasteiger partial charge in [0.2, 0.25) is 5.91 Å². The molecule has 1 aliphatic heterocycles. The van der Waals surface area contributed by atoms with Crippen LogP contribution in [0.15, 0.2) is 24.3 Å². The van der Waals surface area contributed by atoms with E-state index in [4.69, 9.17) is 16.2 Å². The number of rotatable bonds is 21. The molecule has 1 amide bonds. The van der Waals surface area contributed by atoms with Crippen LogP contribution in [0.2, 0.25) is 0 Å². The zero-order chi connectivity index (χ0) is 25.6. The first kappa shape index (κ1) is 31.4. The lowest BCUT2D eigenvalue weighted by molar-refractivity contribution is -0.145. The van der Waals surface area contributed by atoms with E-state index in [-0.39, 0.29) is 17.8 Å². The van der Waals surface area contributed by atoms with E-state index in [1.807, 2.05) is 4.90 Å². The molecule has 6 nitrogen and oxygen atoms in total. The molecule has 0 spiro atoms. The molecule has 1 unspecified atom stereocenters. The van der Waals surface area contributed by atoms with Crippen LogP contribution in [0.3, 0.4) is 0 Å². The third-order valence-electron chi connectivity index (χ3n) is 6.70. The first-order valence-electron chi connectivity index (χ1n) is 14.3. The highest BCUT2D eigenvalue weighted by atomic mass is 16.5. The topological polar surface area (TPSA) is 98.6 Å². The van der Waals surface area contributed by atoms with Gasteiger partial charge in [0.05, 0.1) is 12.6 Å². The van der Waals surface area contributed by atoms with Gasteiger partial charge in [-0.25, -0.2) is 0 Å². The van der Waals surface area contributed by atoms with Gasteiger partial charge in [-0.1, -0.05) is 69.8 Å². The fraction of sp³-hybridized carbons (Fsp3) is 0.793. The zero-order valence-corrected chi connectivity index (χ0v) is 22.4. The number of ether oxygens (including phenoxy) is 1. The molecule has 0 radical (unpaired) electrons. The molecular formula is C29H53N3O3. The number of hydrogen-bond acceptors (Lipinski definition) is 5. The smallest absolute Gasteiger partial charge is 0.305 e. The van der Waals surface area contributed by atoms with E-state index in [9.17, 15) is 9.59 Å². The van der Waals surface area contributed by atoms with Crippen LogP contribution in [0.25, 0.3) is 0 Å². The van der Waals surface area contributed by atoms with Crippen molar-refractivity contribution in [2.75, 3.05) is 26.2 Å². The summed E-state index contributed by atoms with van der Waals surface area (Å²) < 4.78 is 5.48. The van der Waals surface area contributed by atoms with Crippen LogP contribution < -0.4 is 11.5 Å². The van der Waals surface area contributed by atoms with Crippen molar-refractivity contribution in [3.05, 3.63) is 24.3 Å².